The number of nitrogens with zero attached hydrogens (tertiary/aromatic N) is 3. The third kappa shape index (κ3) is 11.7. The first-order chi connectivity index (χ1) is 34.6. The molecule has 0 spiro atoms. The molecule has 6 aliphatic rings. The second-order valence-corrected chi connectivity index (χ2v) is 25.0. The Kier molecular flexibility index (Phi) is 16.2. The van der Waals surface area contributed by atoms with Crippen LogP contribution in [0.15, 0.2) is 48.5 Å². The molecule has 4 aliphatic heterocycles. The van der Waals surface area contributed by atoms with Gasteiger partial charge in [0.1, 0.15) is 43.0 Å². The quantitative estimate of drug-likeness (QED) is 0.224. The lowest BCUT2D eigenvalue weighted by Gasteiger charge is -2.35. The molecule has 0 unspecified atom stereocenters. The van der Waals surface area contributed by atoms with Gasteiger partial charge in [-0.1, -0.05) is 88.1 Å². The third-order valence-electron chi connectivity index (χ3n) is 15.0. The van der Waals surface area contributed by atoms with Gasteiger partial charge in [-0.3, -0.25) is 28.9 Å². The van der Waals surface area contributed by atoms with Crippen LogP contribution in [0, 0.1) is 34.5 Å². The number of thioether (sulfide) groups is 2. The van der Waals surface area contributed by atoms with Crippen LogP contribution in [0.25, 0.3) is 0 Å². The topological polar surface area (TPSA) is 202 Å². The number of carbonyl (C=O) groups is 6. The molecule has 8 rings (SSSR count). The van der Waals surface area contributed by atoms with Crippen LogP contribution in [0.4, 0.5) is 4.79 Å². The Balaban J connectivity index is 0.882. The van der Waals surface area contributed by atoms with E-state index >= 15 is 0 Å². The minimum atomic E-state index is -0.913. The molecule has 2 aromatic carbocycles. The summed E-state index contributed by atoms with van der Waals surface area (Å²) in [6.07, 6.45) is 1.91. The molecule has 16 nitrogen and oxygen atoms in total. The van der Waals surface area contributed by atoms with Gasteiger partial charge < -0.3 is 45.7 Å². The van der Waals surface area contributed by atoms with E-state index in [1.54, 1.807) is 61.0 Å². The van der Waals surface area contributed by atoms with E-state index in [0.717, 1.165) is 28.0 Å². The zero-order valence-electron chi connectivity index (χ0n) is 43.5. The van der Waals surface area contributed by atoms with Crippen LogP contribution in [0.3, 0.4) is 0 Å². The first kappa shape index (κ1) is 54.0. The third-order valence-corrected chi connectivity index (χ3v) is 17.5. The fourth-order valence-electron chi connectivity index (χ4n) is 11.2. The van der Waals surface area contributed by atoms with E-state index in [2.05, 4.69) is 39.6 Å². The average molecular weight is 1040 g/mol. The first-order valence-corrected chi connectivity index (χ1v) is 27.5. The Bertz CT molecular complexity index is 2600. The van der Waals surface area contributed by atoms with Crippen molar-refractivity contribution in [3.05, 3.63) is 70.8 Å². The van der Waals surface area contributed by atoms with Gasteiger partial charge in [0, 0.05) is 19.9 Å². The number of nitrogens with one attached hydrogen (secondary N) is 3. The van der Waals surface area contributed by atoms with Crippen molar-refractivity contribution < 1.29 is 43.0 Å². The van der Waals surface area contributed by atoms with E-state index in [1.165, 1.54) is 11.9 Å². The summed E-state index contributed by atoms with van der Waals surface area (Å²) in [6, 6.07) is 11.0. The van der Waals surface area contributed by atoms with Crippen molar-refractivity contribution in [3.63, 3.8) is 0 Å². The van der Waals surface area contributed by atoms with Crippen LogP contribution in [-0.4, -0.2) is 141 Å². The van der Waals surface area contributed by atoms with Gasteiger partial charge in [-0.2, -0.15) is 0 Å². The summed E-state index contributed by atoms with van der Waals surface area (Å²) in [5.41, 5.74) is 8.51. The maximum absolute atomic E-state index is 14.7. The Morgan fingerprint density at radius 2 is 1.22 bits per heavy atom. The van der Waals surface area contributed by atoms with Crippen molar-refractivity contribution in [2.45, 2.75) is 165 Å². The molecule has 11 atom stereocenters. The van der Waals surface area contributed by atoms with Crippen molar-refractivity contribution in [1.29, 1.82) is 0 Å². The zero-order valence-corrected chi connectivity index (χ0v) is 45.1. The molecule has 0 aromatic heterocycles. The number of ether oxygens (including phenoxy) is 3. The zero-order chi connectivity index (χ0) is 52.6. The lowest BCUT2D eigenvalue weighted by Crippen LogP contribution is -2.58. The van der Waals surface area contributed by atoms with Crippen molar-refractivity contribution in [3.8, 4) is 23.7 Å². The molecule has 4 fully saturated rings. The maximum Gasteiger partial charge on any atom is 0.410 e. The van der Waals surface area contributed by atoms with Gasteiger partial charge in [-0.15, -0.1) is 23.5 Å². The second kappa shape index (κ2) is 21.9. The minimum absolute atomic E-state index is 0.0507. The Labute approximate surface area is 438 Å². The highest BCUT2D eigenvalue weighted by molar-refractivity contribution is 8.00. The molecule has 73 heavy (non-hydrogen) atoms. The largest absolute Gasteiger partial charge is 0.444 e. The Morgan fingerprint density at radius 1 is 0.753 bits per heavy atom. The molecule has 6 amide bonds. The molecular weight excluding hydrogens is 967 g/mol. The van der Waals surface area contributed by atoms with E-state index in [0.29, 0.717) is 44.3 Å². The molecule has 0 bridgehead atoms. The molecule has 5 N–H and O–H groups in total. The van der Waals surface area contributed by atoms with Crippen molar-refractivity contribution in [2.75, 3.05) is 31.8 Å². The number of nitrogens with two attached hydrogens (primary N) is 1. The maximum atomic E-state index is 14.7. The van der Waals surface area contributed by atoms with Gasteiger partial charge in [-0.05, 0) is 110 Å². The first-order valence-electron chi connectivity index (χ1n) is 25.4. The van der Waals surface area contributed by atoms with Gasteiger partial charge in [-0.25, -0.2) is 4.79 Å². The summed E-state index contributed by atoms with van der Waals surface area (Å²) in [5.74, 6) is 11.6. The molecule has 2 aromatic rings. The van der Waals surface area contributed by atoms with Crippen molar-refractivity contribution >= 4 is 59.2 Å². The number of benzene rings is 2. The smallest absolute Gasteiger partial charge is 0.410 e. The summed E-state index contributed by atoms with van der Waals surface area (Å²) in [6.45, 7) is 15.0. The number of amides is 6. The molecule has 2 aliphatic carbocycles. The predicted molar refractivity (Wildman–Crippen MR) is 280 cm³/mol. The molecule has 4 saturated heterocycles. The SMILES string of the molecule is C[C@@H](C(=O)N[C@H]1CCS[C@H]2CC(C)(C)[C@@H](C(=O)N[C@H]3c4ccccc4C[C@H]3OCC#CC#CCO[C@@H]3Cc4ccccc4[C@@H]3NC(=O)[C@H]3N4C(=O)[C@@H](N)CCS[C@H]4CC3(C)C)N2C1=O)N(C)C(=O)OC(C)(C)C. The highest BCUT2D eigenvalue weighted by Gasteiger charge is 2.56. The van der Waals surface area contributed by atoms with E-state index in [4.69, 9.17) is 19.9 Å². The lowest BCUT2D eigenvalue weighted by atomic mass is 9.83. The second-order valence-electron chi connectivity index (χ2n) is 22.4. The molecule has 0 radical (unpaired) electrons. The molecular formula is C55H71N7O9S2. The lowest BCUT2D eigenvalue weighted by molar-refractivity contribution is -0.144. The van der Waals surface area contributed by atoms with E-state index < -0.39 is 76.8 Å². The van der Waals surface area contributed by atoms with Crippen LogP contribution in [0.2, 0.25) is 0 Å². The number of hydrogen-bond donors (Lipinski definition) is 4. The fourth-order valence-corrected chi connectivity index (χ4v) is 14.4. The monoisotopic (exact) mass is 1040 g/mol. The number of fused-ring (bicyclic) bond motifs is 4. The number of likely N-dealkylation sites (N-methyl/N-ethyl adjacent to an activating group) is 1. The summed E-state index contributed by atoms with van der Waals surface area (Å²) >= 11 is 3.30. The van der Waals surface area contributed by atoms with Crippen LogP contribution in [0.1, 0.15) is 115 Å². The summed E-state index contributed by atoms with van der Waals surface area (Å²) in [5, 5.41) is 9.08. The van der Waals surface area contributed by atoms with Gasteiger partial charge in [0.05, 0.1) is 41.1 Å². The fraction of sp³-hybridized carbons (Fsp3) is 0.600. The Morgan fingerprint density at radius 3 is 1.71 bits per heavy atom. The molecule has 0 saturated carbocycles. The predicted octanol–water partition coefficient (Wildman–Crippen LogP) is 4.84. The van der Waals surface area contributed by atoms with Crippen molar-refractivity contribution in [1.82, 2.24) is 30.7 Å². The molecule has 4 heterocycles. The van der Waals surface area contributed by atoms with Gasteiger partial charge in [0.25, 0.3) is 0 Å². The molecule has 18 heteroatoms. The van der Waals surface area contributed by atoms with Crippen LogP contribution < -0.4 is 21.7 Å². The summed E-state index contributed by atoms with van der Waals surface area (Å²) < 4.78 is 18.1. The Hall–Kier alpha value is -5.24. The number of rotatable bonds is 11. The molecule has 392 valence electrons. The van der Waals surface area contributed by atoms with E-state index in [1.807, 2.05) is 76.2 Å². The summed E-state index contributed by atoms with van der Waals surface area (Å²) in [7, 11) is 1.49. The summed E-state index contributed by atoms with van der Waals surface area (Å²) in [4.78, 5) is 87.7. The van der Waals surface area contributed by atoms with E-state index in [9.17, 15) is 28.8 Å². The normalized spacial score (nSPS) is 29.1. The van der Waals surface area contributed by atoms with Gasteiger partial charge in [0.2, 0.25) is 29.5 Å². The highest BCUT2D eigenvalue weighted by Crippen LogP contribution is 2.48. The standard InChI is InChI=1S/C55H71N7O9S2/c1-32(60(9)52(68)71-53(2,3)4)47(63)57-38-23-27-73-42-31-55(7,8)46(62(42)51(38)67)49(65)59-44-36-21-15-13-19-34(36)29-40(44)70-25-17-11-10-16-24-69-39-28-33-18-12-14-20-35(33)43(39)58-48(64)45-54(5,6)30-41-61(45)50(66)37(56)22-26-72-41/h12-15,18-21,32,37-46H,22-31,56H2,1-9H3,(H,57,63)(H,58,64)(H,59,65)/t32-,37-,38-,39+,40+,41-,42-,43-,44-,45+,46+/m0/s1. The number of hydrogen-bond acceptors (Lipinski definition) is 12. The van der Waals surface area contributed by atoms with Gasteiger partial charge in [0.15, 0.2) is 0 Å². The van der Waals surface area contributed by atoms with Crippen LogP contribution >= 0.6 is 23.5 Å². The number of carbonyl (C=O) groups excluding carboxylic acids is 6. The van der Waals surface area contributed by atoms with E-state index in [-0.39, 0.29) is 53.7 Å². The van der Waals surface area contributed by atoms with Crippen molar-refractivity contribution in [2.24, 2.45) is 16.6 Å². The highest BCUT2D eigenvalue weighted by atomic mass is 32.2. The van der Waals surface area contributed by atoms with Gasteiger partial charge >= 0.3 is 6.09 Å². The minimum Gasteiger partial charge on any atom is -0.444 e. The average Bonchev–Trinajstić information content (AvgIpc) is 3.97. The van der Waals surface area contributed by atoms with Crippen LogP contribution in [-0.2, 0) is 51.0 Å². The van der Waals surface area contributed by atoms with Crippen LogP contribution in [0.5, 0.6) is 0 Å².